The number of methoxy groups -OCH3 is 2. The van der Waals surface area contributed by atoms with E-state index in [1.165, 1.54) is 28.7 Å². The van der Waals surface area contributed by atoms with Gasteiger partial charge in [0.25, 0.3) is 11.8 Å². The minimum atomic E-state index is -0.273. The first-order valence-electron chi connectivity index (χ1n) is 15.1. The van der Waals surface area contributed by atoms with Crippen molar-refractivity contribution in [2.75, 3.05) is 20.0 Å². The Morgan fingerprint density at radius 3 is 2.32 bits per heavy atom. The molecule has 3 heterocycles. The Kier molecular flexibility index (Phi) is 10.3. The molecule has 47 heavy (non-hydrogen) atoms. The first kappa shape index (κ1) is 32.0. The number of carbonyl (C=O) groups excluding carboxylic acids is 2. The predicted octanol–water partition coefficient (Wildman–Crippen LogP) is 6.00. The van der Waals surface area contributed by atoms with Gasteiger partial charge in [-0.05, 0) is 71.0 Å². The molecule has 1 unspecified atom stereocenters. The molecule has 0 aliphatic carbocycles. The Labute approximate surface area is 281 Å². The summed E-state index contributed by atoms with van der Waals surface area (Å²) in [5.41, 5.74) is 3.89. The topological polar surface area (TPSA) is 111 Å². The molecule has 1 aliphatic heterocycles. The van der Waals surface area contributed by atoms with Crippen LogP contribution in [0.1, 0.15) is 44.6 Å². The van der Waals surface area contributed by atoms with Gasteiger partial charge in [-0.2, -0.15) is 5.10 Å². The normalized spacial score (nSPS) is 14.1. The van der Waals surface area contributed by atoms with E-state index in [1.807, 2.05) is 82.7 Å². The number of nitrogens with one attached hydrogen (secondary N) is 1. The van der Waals surface area contributed by atoms with Crippen LogP contribution in [0.5, 0.6) is 11.5 Å². The molecule has 12 heteroatoms. The van der Waals surface area contributed by atoms with Gasteiger partial charge in [-0.1, -0.05) is 60.3 Å². The van der Waals surface area contributed by atoms with Gasteiger partial charge in [0.1, 0.15) is 11.5 Å². The summed E-state index contributed by atoms with van der Waals surface area (Å²) in [6.07, 6.45) is 1.31. The van der Waals surface area contributed by atoms with Crippen molar-refractivity contribution in [1.29, 1.82) is 0 Å². The second-order valence-corrected chi connectivity index (χ2v) is 12.6. The fourth-order valence-electron chi connectivity index (χ4n) is 5.30. The van der Waals surface area contributed by atoms with Gasteiger partial charge in [0.05, 0.1) is 43.1 Å². The summed E-state index contributed by atoms with van der Waals surface area (Å²) in [6.45, 7) is 0.809. The van der Waals surface area contributed by atoms with Gasteiger partial charge < -0.3 is 19.4 Å². The van der Waals surface area contributed by atoms with E-state index in [2.05, 4.69) is 27.6 Å². The van der Waals surface area contributed by atoms with Crippen LogP contribution in [0, 0.1) is 0 Å². The van der Waals surface area contributed by atoms with Crippen LogP contribution in [0.4, 0.5) is 0 Å². The molecular formula is C35H34N6O4S2. The summed E-state index contributed by atoms with van der Waals surface area (Å²) in [5, 5.41) is 20.7. The van der Waals surface area contributed by atoms with Gasteiger partial charge in [0.2, 0.25) is 0 Å². The largest absolute Gasteiger partial charge is 0.497 e. The zero-order valence-electron chi connectivity index (χ0n) is 26.0. The number of hydrogen-bond acceptors (Lipinski definition) is 9. The van der Waals surface area contributed by atoms with Crippen LogP contribution < -0.4 is 14.8 Å². The lowest BCUT2D eigenvalue weighted by Crippen LogP contribution is -2.28. The third-order valence-electron chi connectivity index (χ3n) is 7.83. The molecule has 2 aromatic heterocycles. The highest BCUT2D eigenvalue weighted by Gasteiger charge is 2.33. The number of carbonyl (C=O) groups is 2. The van der Waals surface area contributed by atoms with E-state index < -0.39 is 0 Å². The second-order valence-electron chi connectivity index (χ2n) is 10.7. The van der Waals surface area contributed by atoms with Crippen LogP contribution in [0.25, 0.3) is 0 Å². The van der Waals surface area contributed by atoms with Crippen LogP contribution >= 0.6 is 23.1 Å². The van der Waals surface area contributed by atoms with Crippen LogP contribution in [0.15, 0.2) is 107 Å². The Morgan fingerprint density at radius 2 is 1.64 bits per heavy atom. The van der Waals surface area contributed by atoms with E-state index in [4.69, 9.17) is 14.6 Å². The number of rotatable bonds is 13. The quantitative estimate of drug-likeness (QED) is 0.154. The first-order chi connectivity index (χ1) is 23.0. The van der Waals surface area contributed by atoms with Gasteiger partial charge in [-0.3, -0.25) is 9.59 Å². The molecule has 3 aromatic carbocycles. The van der Waals surface area contributed by atoms with E-state index in [0.29, 0.717) is 28.8 Å². The highest BCUT2D eigenvalue weighted by atomic mass is 32.2. The molecule has 1 atom stereocenters. The number of hydrazone groups is 1. The fraction of sp³-hybridized carbons (Fsp3) is 0.229. The average Bonchev–Trinajstić information content (AvgIpc) is 3.90. The highest BCUT2D eigenvalue weighted by molar-refractivity contribution is 7.99. The van der Waals surface area contributed by atoms with Crippen molar-refractivity contribution < 1.29 is 19.1 Å². The van der Waals surface area contributed by atoms with Crippen molar-refractivity contribution in [3.8, 4) is 11.5 Å². The van der Waals surface area contributed by atoms with Crippen LogP contribution in [-0.2, 0) is 24.3 Å². The number of thiophene rings is 1. The van der Waals surface area contributed by atoms with E-state index in [1.54, 1.807) is 25.3 Å². The number of thioether (sulfide) groups is 1. The minimum Gasteiger partial charge on any atom is -0.497 e. The Balaban J connectivity index is 1.21. The molecule has 10 nitrogen and oxygen atoms in total. The van der Waals surface area contributed by atoms with Crippen LogP contribution in [0.2, 0.25) is 0 Å². The number of aryl methyl sites for hydroxylation is 1. The molecule has 0 fully saturated rings. The maximum absolute atomic E-state index is 13.9. The summed E-state index contributed by atoms with van der Waals surface area (Å²) in [5.74, 6) is 1.92. The smallest absolute Gasteiger partial charge is 0.261 e. The van der Waals surface area contributed by atoms with Crippen molar-refractivity contribution >= 4 is 40.6 Å². The number of amides is 2. The molecule has 5 aromatic rings. The van der Waals surface area contributed by atoms with Gasteiger partial charge in [-0.15, -0.1) is 21.5 Å². The monoisotopic (exact) mass is 666 g/mol. The summed E-state index contributed by atoms with van der Waals surface area (Å²) >= 11 is 2.70. The second kappa shape index (κ2) is 15.1. The average molecular weight is 667 g/mol. The van der Waals surface area contributed by atoms with E-state index in [9.17, 15) is 9.59 Å². The maximum atomic E-state index is 13.9. The molecule has 1 aliphatic rings. The van der Waals surface area contributed by atoms with Crippen molar-refractivity contribution in [3.63, 3.8) is 0 Å². The minimum absolute atomic E-state index is 0.108. The summed E-state index contributed by atoms with van der Waals surface area (Å²) in [6, 6.07) is 28.9. The van der Waals surface area contributed by atoms with E-state index in [0.717, 1.165) is 34.8 Å². The number of ether oxygens (including phenoxy) is 2. The zero-order chi connectivity index (χ0) is 32.6. The Hall–Kier alpha value is -4.94. The van der Waals surface area contributed by atoms with E-state index >= 15 is 0 Å². The van der Waals surface area contributed by atoms with Crippen molar-refractivity contribution in [2.45, 2.75) is 37.1 Å². The standard InChI is InChI=1S/C35H34N6O4S2/c1-44-27-14-10-25(11-15-27)29-21-30(26-12-16-28(45-2)17-13-26)41(39-29)33(42)23-47-35-38-37-32(22-36-34(43)31-9-6-20-46-31)40(35)19-18-24-7-4-3-5-8-24/h3-17,20,30H,18-19,21-23H2,1-2H3,(H,36,43). The van der Waals surface area contributed by atoms with E-state index in [-0.39, 0.29) is 30.2 Å². The maximum Gasteiger partial charge on any atom is 0.261 e. The Morgan fingerprint density at radius 1 is 0.915 bits per heavy atom. The fourth-order valence-corrected chi connectivity index (χ4v) is 6.77. The highest BCUT2D eigenvalue weighted by Crippen LogP contribution is 2.35. The molecule has 0 saturated heterocycles. The summed E-state index contributed by atoms with van der Waals surface area (Å²) in [4.78, 5) is 27.2. The molecule has 2 amide bonds. The lowest BCUT2D eigenvalue weighted by atomic mass is 9.98. The lowest BCUT2D eigenvalue weighted by molar-refractivity contribution is -0.130. The Bertz CT molecular complexity index is 1820. The van der Waals surface area contributed by atoms with Crippen LogP contribution in [-0.4, -0.2) is 57.3 Å². The first-order valence-corrected chi connectivity index (χ1v) is 17.0. The summed E-state index contributed by atoms with van der Waals surface area (Å²) in [7, 11) is 3.26. The number of benzene rings is 3. The number of hydrogen-bond donors (Lipinski definition) is 1. The molecule has 0 bridgehead atoms. The lowest BCUT2D eigenvalue weighted by Gasteiger charge is -2.22. The SMILES string of the molecule is COc1ccc(C2=NN(C(=O)CSc3nnc(CNC(=O)c4cccs4)n3CCc3ccccc3)C(c3ccc(OC)cc3)C2)cc1. The predicted molar refractivity (Wildman–Crippen MR) is 183 cm³/mol. The van der Waals surface area contributed by atoms with Gasteiger partial charge >= 0.3 is 0 Å². The third-order valence-corrected chi connectivity index (χ3v) is 9.65. The van der Waals surface area contributed by atoms with Crippen LogP contribution in [0.3, 0.4) is 0 Å². The number of aromatic nitrogens is 3. The molecule has 1 N–H and O–H groups in total. The zero-order valence-corrected chi connectivity index (χ0v) is 27.7. The third kappa shape index (κ3) is 7.72. The van der Waals surface area contributed by atoms with Gasteiger partial charge in [0, 0.05) is 13.0 Å². The molecule has 0 saturated carbocycles. The molecule has 0 radical (unpaired) electrons. The van der Waals surface area contributed by atoms with Crippen molar-refractivity contribution in [3.05, 3.63) is 124 Å². The molecule has 6 rings (SSSR count). The molecule has 0 spiro atoms. The molecule has 240 valence electrons. The number of nitrogens with zero attached hydrogens (tertiary/aromatic N) is 5. The summed E-state index contributed by atoms with van der Waals surface area (Å²) < 4.78 is 12.7. The molecular weight excluding hydrogens is 633 g/mol. The van der Waals surface area contributed by atoms with Crippen molar-refractivity contribution in [1.82, 2.24) is 25.1 Å². The van der Waals surface area contributed by atoms with Gasteiger partial charge in [-0.25, -0.2) is 5.01 Å². The van der Waals surface area contributed by atoms with Gasteiger partial charge in [0.15, 0.2) is 11.0 Å². The van der Waals surface area contributed by atoms with Crippen molar-refractivity contribution in [2.24, 2.45) is 5.10 Å².